The van der Waals surface area contributed by atoms with Gasteiger partial charge >= 0.3 is 6.09 Å². The number of imide groups is 1. The van der Waals surface area contributed by atoms with Gasteiger partial charge in [-0.2, -0.15) is 0 Å². The maximum atomic E-state index is 12.2. The average molecular weight is 489 g/mol. The van der Waals surface area contributed by atoms with E-state index in [1.54, 1.807) is 6.20 Å². The lowest BCUT2D eigenvalue weighted by molar-refractivity contribution is -0.129. The lowest BCUT2D eigenvalue weighted by Gasteiger charge is -2.11. The van der Waals surface area contributed by atoms with Gasteiger partial charge in [-0.3, -0.25) is 4.79 Å². The standard InChI is InChI=1S/C20H17BrN4O4S/c21-13-9-16(29-15-4-2-1-3-5-15)17(22-10-13)24-19-23-14(11-30-19)8-12-6-7-25(18(12)26)20(27)28/h1-5,9-12H,6-8H2,(H,27,28)(H,22,23,24). The van der Waals surface area contributed by atoms with Crippen molar-refractivity contribution in [2.45, 2.75) is 12.8 Å². The van der Waals surface area contributed by atoms with Crippen molar-refractivity contribution >= 4 is 50.2 Å². The third-order valence-electron chi connectivity index (χ3n) is 4.57. The molecule has 0 aliphatic carbocycles. The van der Waals surface area contributed by atoms with E-state index in [1.165, 1.54) is 11.3 Å². The Kier molecular flexibility index (Phi) is 5.96. The fourth-order valence-electron chi connectivity index (χ4n) is 3.14. The first-order chi connectivity index (χ1) is 14.5. The van der Waals surface area contributed by atoms with Gasteiger partial charge in [0.25, 0.3) is 0 Å². The molecule has 0 saturated carbocycles. The number of pyridine rings is 1. The summed E-state index contributed by atoms with van der Waals surface area (Å²) in [6.45, 7) is 0.233. The summed E-state index contributed by atoms with van der Waals surface area (Å²) in [5, 5.41) is 14.7. The number of nitrogens with zero attached hydrogens (tertiary/aromatic N) is 3. The van der Waals surface area contributed by atoms with Crippen LogP contribution in [0.3, 0.4) is 0 Å². The van der Waals surface area contributed by atoms with Crippen molar-refractivity contribution in [3.05, 3.63) is 58.1 Å². The van der Waals surface area contributed by atoms with Crippen molar-refractivity contribution in [1.82, 2.24) is 14.9 Å². The lowest BCUT2D eigenvalue weighted by Crippen LogP contribution is -2.32. The zero-order valence-electron chi connectivity index (χ0n) is 15.6. The second-order valence-electron chi connectivity index (χ2n) is 6.65. The van der Waals surface area contributed by atoms with Crippen LogP contribution in [0.2, 0.25) is 0 Å². The summed E-state index contributed by atoms with van der Waals surface area (Å²) in [5.74, 6) is 1.01. The van der Waals surface area contributed by atoms with Crippen molar-refractivity contribution in [2.24, 2.45) is 5.92 Å². The van der Waals surface area contributed by atoms with Crippen LogP contribution >= 0.6 is 27.3 Å². The van der Waals surface area contributed by atoms with Crippen molar-refractivity contribution in [2.75, 3.05) is 11.9 Å². The molecule has 1 atom stereocenters. The van der Waals surface area contributed by atoms with Gasteiger partial charge in [-0.05, 0) is 34.5 Å². The molecule has 0 bridgehead atoms. The van der Waals surface area contributed by atoms with E-state index in [4.69, 9.17) is 9.84 Å². The summed E-state index contributed by atoms with van der Waals surface area (Å²) >= 11 is 4.79. The molecule has 0 radical (unpaired) electrons. The van der Waals surface area contributed by atoms with Crippen LogP contribution in [0.15, 0.2) is 52.4 Å². The Hall–Kier alpha value is -2.98. The molecule has 3 heterocycles. The molecule has 1 fully saturated rings. The highest BCUT2D eigenvalue weighted by Gasteiger charge is 2.35. The first kappa shape index (κ1) is 20.3. The number of rotatable bonds is 6. The van der Waals surface area contributed by atoms with Gasteiger partial charge in [-0.25, -0.2) is 19.7 Å². The summed E-state index contributed by atoms with van der Waals surface area (Å²) in [5.41, 5.74) is 0.732. The Balaban J connectivity index is 1.46. The minimum atomic E-state index is -1.20. The minimum Gasteiger partial charge on any atom is -0.465 e. The van der Waals surface area contributed by atoms with E-state index < -0.39 is 6.09 Å². The summed E-state index contributed by atoms with van der Waals surface area (Å²) < 4.78 is 6.72. The van der Waals surface area contributed by atoms with Crippen molar-refractivity contribution in [3.8, 4) is 11.5 Å². The van der Waals surface area contributed by atoms with Gasteiger partial charge in [0.2, 0.25) is 5.91 Å². The number of hydrogen-bond donors (Lipinski definition) is 2. The number of thiazole rings is 1. The number of carboxylic acid groups (broad SMARTS) is 1. The third kappa shape index (κ3) is 4.60. The lowest BCUT2D eigenvalue weighted by atomic mass is 10.0. The number of hydrogen-bond acceptors (Lipinski definition) is 7. The van der Waals surface area contributed by atoms with E-state index in [2.05, 4.69) is 31.2 Å². The Labute approximate surface area is 184 Å². The number of nitrogens with one attached hydrogen (secondary N) is 1. The van der Waals surface area contributed by atoms with Gasteiger partial charge in [-0.1, -0.05) is 18.2 Å². The second kappa shape index (κ2) is 8.80. The number of likely N-dealkylation sites (tertiary alicyclic amines) is 1. The molecule has 0 spiro atoms. The van der Waals surface area contributed by atoms with Crippen LogP contribution < -0.4 is 10.1 Å². The first-order valence-electron chi connectivity index (χ1n) is 9.14. The highest BCUT2D eigenvalue weighted by Crippen LogP contribution is 2.33. The van der Waals surface area contributed by atoms with Crippen LogP contribution in [0.1, 0.15) is 12.1 Å². The third-order valence-corrected chi connectivity index (χ3v) is 5.81. The van der Waals surface area contributed by atoms with Crippen molar-refractivity contribution in [1.29, 1.82) is 0 Å². The highest BCUT2D eigenvalue weighted by molar-refractivity contribution is 9.10. The molecule has 154 valence electrons. The molecule has 30 heavy (non-hydrogen) atoms. The monoisotopic (exact) mass is 488 g/mol. The maximum Gasteiger partial charge on any atom is 0.414 e. The largest absolute Gasteiger partial charge is 0.465 e. The minimum absolute atomic E-state index is 0.233. The van der Waals surface area contributed by atoms with Gasteiger partial charge in [0.05, 0.1) is 5.69 Å². The van der Waals surface area contributed by atoms with Crippen LogP contribution in [0.25, 0.3) is 0 Å². The molecule has 10 heteroatoms. The van der Waals surface area contributed by atoms with Crippen molar-refractivity contribution < 1.29 is 19.4 Å². The van der Waals surface area contributed by atoms with E-state index in [-0.39, 0.29) is 18.4 Å². The molecule has 1 aliphatic rings. The number of aromatic nitrogens is 2. The van der Waals surface area contributed by atoms with Gasteiger partial charge in [0.15, 0.2) is 16.7 Å². The number of halogens is 1. The smallest absolute Gasteiger partial charge is 0.414 e. The predicted octanol–water partition coefficient (Wildman–Crippen LogP) is 4.91. The Morgan fingerprint density at radius 2 is 2.17 bits per heavy atom. The van der Waals surface area contributed by atoms with Crippen LogP contribution in [0, 0.1) is 5.92 Å². The SMILES string of the molecule is O=C(O)N1CCC(Cc2csc(Nc3ncc(Br)cc3Oc3ccccc3)n2)C1=O. The molecule has 2 aromatic heterocycles. The second-order valence-corrected chi connectivity index (χ2v) is 8.42. The first-order valence-corrected chi connectivity index (χ1v) is 10.8. The number of ether oxygens (including phenoxy) is 1. The summed E-state index contributed by atoms with van der Waals surface area (Å²) in [4.78, 5) is 33.0. The molecule has 2 N–H and O–H groups in total. The highest BCUT2D eigenvalue weighted by atomic mass is 79.9. The predicted molar refractivity (Wildman–Crippen MR) is 115 cm³/mol. The molecule has 3 aromatic rings. The molecular weight excluding hydrogens is 472 g/mol. The van der Waals surface area contributed by atoms with Gasteiger partial charge < -0.3 is 15.2 Å². The average Bonchev–Trinajstić information content (AvgIpc) is 3.32. The number of carbonyl (C=O) groups is 2. The molecule has 1 saturated heterocycles. The number of amides is 2. The Bertz CT molecular complexity index is 1080. The molecule has 1 aliphatic heterocycles. The molecule has 2 amide bonds. The number of carbonyl (C=O) groups excluding carboxylic acids is 1. The van der Waals surface area contributed by atoms with Crippen molar-refractivity contribution in [3.63, 3.8) is 0 Å². The van der Waals surface area contributed by atoms with Gasteiger partial charge in [0.1, 0.15) is 5.75 Å². The van der Waals surface area contributed by atoms with E-state index in [9.17, 15) is 9.59 Å². The fourth-order valence-corrected chi connectivity index (χ4v) is 4.17. The number of benzene rings is 1. The quantitative estimate of drug-likeness (QED) is 0.507. The molecule has 1 aromatic carbocycles. The van der Waals surface area contributed by atoms with E-state index in [0.717, 1.165) is 15.1 Å². The molecular formula is C20H17BrN4O4S. The molecule has 4 rings (SSSR count). The zero-order valence-corrected chi connectivity index (χ0v) is 18.0. The van der Waals surface area contributed by atoms with E-state index >= 15 is 0 Å². The molecule has 1 unspecified atom stereocenters. The van der Waals surface area contributed by atoms with Crippen LogP contribution in [-0.4, -0.2) is 38.5 Å². The maximum absolute atomic E-state index is 12.2. The summed E-state index contributed by atoms with van der Waals surface area (Å²) in [7, 11) is 0. The van der Waals surface area contributed by atoms with Gasteiger partial charge in [0, 0.05) is 41.0 Å². The summed E-state index contributed by atoms with van der Waals surface area (Å²) in [6, 6.07) is 11.2. The van der Waals surface area contributed by atoms with E-state index in [1.807, 2.05) is 41.8 Å². The van der Waals surface area contributed by atoms with Crippen LogP contribution in [0.4, 0.5) is 15.7 Å². The van der Waals surface area contributed by atoms with Gasteiger partial charge in [-0.15, -0.1) is 11.3 Å². The summed E-state index contributed by atoms with van der Waals surface area (Å²) in [6.07, 6.45) is 1.37. The normalized spacial score (nSPS) is 16.0. The number of anilines is 2. The fraction of sp³-hybridized carbons (Fsp3) is 0.200. The number of para-hydroxylation sites is 1. The van der Waals surface area contributed by atoms with Crippen LogP contribution in [-0.2, 0) is 11.2 Å². The topological polar surface area (TPSA) is 105 Å². The van der Waals surface area contributed by atoms with E-state index in [0.29, 0.717) is 35.3 Å². The Morgan fingerprint density at radius 1 is 1.37 bits per heavy atom. The Morgan fingerprint density at radius 3 is 2.90 bits per heavy atom. The zero-order chi connectivity index (χ0) is 21.1. The molecule has 8 nitrogen and oxygen atoms in total. The van der Waals surface area contributed by atoms with Crippen LogP contribution in [0.5, 0.6) is 11.5 Å².